The first-order valence-corrected chi connectivity index (χ1v) is 12.6. The van der Waals surface area contributed by atoms with E-state index in [0.29, 0.717) is 28.9 Å². The lowest BCUT2D eigenvalue weighted by molar-refractivity contribution is 0.151. The average molecular weight is 481 g/mol. The van der Waals surface area contributed by atoms with E-state index in [-0.39, 0.29) is 17.3 Å². The van der Waals surface area contributed by atoms with Crippen LogP contribution in [0, 0.1) is 11.8 Å². The molecule has 0 bridgehead atoms. The number of nitrogen functional groups attached to an aromatic ring is 1. The van der Waals surface area contributed by atoms with Gasteiger partial charge in [0.05, 0.1) is 11.4 Å². The Morgan fingerprint density at radius 1 is 1.14 bits per heavy atom. The van der Waals surface area contributed by atoms with Gasteiger partial charge in [0.1, 0.15) is 17.1 Å². The van der Waals surface area contributed by atoms with Gasteiger partial charge in [0, 0.05) is 49.5 Å². The Morgan fingerprint density at radius 3 is 2.81 bits per heavy atom. The van der Waals surface area contributed by atoms with Crippen LogP contribution in [0.2, 0.25) is 0 Å². The molecule has 0 amide bonds. The van der Waals surface area contributed by atoms with Gasteiger partial charge < -0.3 is 20.6 Å². The van der Waals surface area contributed by atoms with Crippen LogP contribution in [0.4, 0.5) is 17.3 Å². The lowest BCUT2D eigenvalue weighted by atomic mass is 9.99. The van der Waals surface area contributed by atoms with E-state index in [1.165, 1.54) is 12.8 Å². The van der Waals surface area contributed by atoms with E-state index in [1.807, 2.05) is 30.5 Å². The van der Waals surface area contributed by atoms with Gasteiger partial charge in [-0.15, -0.1) is 10.2 Å². The molecule has 182 valence electrons. The molecule has 0 spiro atoms. The third-order valence-electron chi connectivity index (χ3n) is 8.32. The van der Waals surface area contributed by atoms with Crippen LogP contribution in [0.5, 0.6) is 5.75 Å². The summed E-state index contributed by atoms with van der Waals surface area (Å²) in [6.45, 7) is 4.58. The number of phenols is 1. The van der Waals surface area contributed by atoms with Crippen LogP contribution < -0.4 is 15.5 Å². The van der Waals surface area contributed by atoms with Crippen LogP contribution in [-0.2, 0) is 0 Å². The molecule has 4 saturated heterocycles. The molecular formula is C27H28N8O. The number of nitrogens with zero attached hydrogens (tertiary/aromatic N) is 7. The molecule has 3 N–H and O–H groups in total. The maximum Gasteiger partial charge on any atom is 0.206 e. The second kappa shape index (κ2) is 7.80. The summed E-state index contributed by atoms with van der Waals surface area (Å²) >= 11 is 0. The van der Waals surface area contributed by atoms with E-state index in [2.05, 4.69) is 48.6 Å². The maximum absolute atomic E-state index is 10.3. The Labute approximate surface area is 210 Å². The summed E-state index contributed by atoms with van der Waals surface area (Å²) in [5, 5.41) is 18.7. The molecule has 0 saturated carbocycles. The van der Waals surface area contributed by atoms with Crippen molar-refractivity contribution in [2.75, 3.05) is 35.2 Å². The molecular weight excluding hydrogens is 452 g/mol. The van der Waals surface area contributed by atoms with Gasteiger partial charge >= 0.3 is 0 Å². The van der Waals surface area contributed by atoms with Crippen molar-refractivity contribution in [2.45, 2.75) is 49.9 Å². The highest BCUT2D eigenvalue weighted by Gasteiger charge is 2.81. The Kier molecular flexibility index (Phi) is 4.63. The molecule has 9 nitrogen and oxygen atoms in total. The molecule has 36 heavy (non-hydrogen) atoms. The second-order valence-corrected chi connectivity index (χ2v) is 10.3. The summed E-state index contributed by atoms with van der Waals surface area (Å²) in [4.78, 5) is 16.3. The van der Waals surface area contributed by atoms with Gasteiger partial charge in [0.15, 0.2) is 5.82 Å². The maximum atomic E-state index is 10.3. The number of nitrogens with two attached hydrogens (primary N) is 1. The Morgan fingerprint density at radius 2 is 2.03 bits per heavy atom. The number of fused-ring (bicyclic) bond motifs is 1. The predicted octanol–water partition coefficient (Wildman–Crippen LogP) is 2.28. The van der Waals surface area contributed by atoms with E-state index in [4.69, 9.17) is 10.7 Å². The molecule has 0 aliphatic carbocycles. The highest BCUT2D eigenvalue weighted by atomic mass is 16.3. The number of para-hydroxylation sites is 1. The molecule has 4 aliphatic rings. The van der Waals surface area contributed by atoms with Gasteiger partial charge in [-0.3, -0.25) is 4.90 Å². The SMILES string of the molecule is CC1CCN(c2cc(-c3ccccc3O)nnc2N)CCN1c1ccnc(C#CC23CC4CC2N43)n1. The summed E-state index contributed by atoms with van der Waals surface area (Å²) < 4.78 is 0. The summed E-state index contributed by atoms with van der Waals surface area (Å²) in [6, 6.07) is 12.8. The van der Waals surface area contributed by atoms with Crippen molar-refractivity contribution in [3.8, 4) is 28.8 Å². The van der Waals surface area contributed by atoms with Gasteiger partial charge in [-0.25, -0.2) is 9.97 Å². The van der Waals surface area contributed by atoms with Crippen molar-refractivity contribution >= 4 is 17.3 Å². The van der Waals surface area contributed by atoms with Crippen LogP contribution in [0.15, 0.2) is 42.6 Å². The molecule has 2 aromatic heterocycles. The van der Waals surface area contributed by atoms with E-state index in [1.54, 1.807) is 12.1 Å². The first-order valence-electron chi connectivity index (χ1n) is 12.6. The predicted molar refractivity (Wildman–Crippen MR) is 137 cm³/mol. The minimum atomic E-state index is 0.147. The van der Waals surface area contributed by atoms with Crippen molar-refractivity contribution < 1.29 is 5.11 Å². The number of hydrogen-bond donors (Lipinski definition) is 2. The van der Waals surface area contributed by atoms with Crippen LogP contribution in [0.3, 0.4) is 0 Å². The molecule has 4 fully saturated rings. The van der Waals surface area contributed by atoms with Gasteiger partial charge in [0.25, 0.3) is 0 Å². The summed E-state index contributed by atoms with van der Waals surface area (Å²) in [7, 11) is 0. The molecule has 6 heterocycles. The topological polar surface area (TPSA) is 107 Å². The van der Waals surface area contributed by atoms with Crippen molar-refractivity contribution in [3.05, 3.63) is 48.4 Å². The Bertz CT molecular complexity index is 1410. The van der Waals surface area contributed by atoms with Crippen molar-refractivity contribution in [1.29, 1.82) is 0 Å². The number of anilines is 3. The monoisotopic (exact) mass is 480 g/mol. The molecule has 0 radical (unpaired) electrons. The summed E-state index contributed by atoms with van der Waals surface area (Å²) in [5.74, 6) is 8.79. The minimum absolute atomic E-state index is 0.147. The highest BCUT2D eigenvalue weighted by molar-refractivity contribution is 5.74. The Balaban J connectivity index is 1.10. The van der Waals surface area contributed by atoms with E-state index < -0.39 is 0 Å². The minimum Gasteiger partial charge on any atom is -0.507 e. The van der Waals surface area contributed by atoms with Crippen LogP contribution >= 0.6 is 0 Å². The van der Waals surface area contributed by atoms with Gasteiger partial charge in [-0.2, -0.15) is 0 Å². The summed E-state index contributed by atoms with van der Waals surface area (Å²) in [6.07, 6.45) is 5.26. The average Bonchev–Trinajstić information content (AvgIpc) is 3.08. The molecule has 1 aromatic carbocycles. The Hall–Kier alpha value is -3.90. The van der Waals surface area contributed by atoms with E-state index in [9.17, 15) is 5.11 Å². The number of rotatable bonds is 3. The third-order valence-corrected chi connectivity index (χ3v) is 8.32. The normalized spacial score (nSPS) is 29.7. The summed E-state index contributed by atoms with van der Waals surface area (Å²) in [5.41, 5.74) is 8.47. The fraction of sp³-hybridized carbons (Fsp3) is 0.407. The molecule has 7 rings (SSSR count). The highest BCUT2D eigenvalue weighted by Crippen LogP contribution is 2.68. The first kappa shape index (κ1) is 21.4. The fourth-order valence-corrected chi connectivity index (χ4v) is 6.25. The number of aromatic nitrogens is 4. The zero-order valence-corrected chi connectivity index (χ0v) is 20.2. The van der Waals surface area contributed by atoms with Crippen molar-refractivity contribution in [1.82, 2.24) is 25.1 Å². The van der Waals surface area contributed by atoms with Gasteiger partial charge in [-0.05, 0) is 56.4 Å². The van der Waals surface area contributed by atoms with Gasteiger partial charge in [0.2, 0.25) is 5.82 Å². The van der Waals surface area contributed by atoms with Crippen LogP contribution in [-0.4, -0.2) is 73.5 Å². The smallest absolute Gasteiger partial charge is 0.206 e. The quantitative estimate of drug-likeness (QED) is 0.431. The van der Waals surface area contributed by atoms with E-state index in [0.717, 1.165) is 43.6 Å². The fourth-order valence-electron chi connectivity index (χ4n) is 6.25. The van der Waals surface area contributed by atoms with Crippen molar-refractivity contribution in [3.63, 3.8) is 0 Å². The molecule has 5 unspecified atom stereocenters. The zero-order chi connectivity index (χ0) is 24.4. The number of aromatic hydroxyl groups is 1. The number of piperidine rings is 1. The zero-order valence-electron chi connectivity index (χ0n) is 20.2. The standard InChI is InChI=1S/C27H28N8O/c1-17-8-11-33(21-15-20(31-32-26(21)28)19-4-2-3-5-22(19)36)12-13-34(17)25-7-10-29-24(30-25)6-9-27-16-18-14-23(27)35(18)27/h2-5,7,10,15,17-18,23,36H,8,11-14,16H2,1H3,(H2,28,32). The van der Waals surface area contributed by atoms with E-state index >= 15 is 0 Å². The molecule has 4 aliphatic heterocycles. The molecule has 9 heteroatoms. The molecule has 3 aromatic rings. The van der Waals surface area contributed by atoms with Gasteiger partial charge in [-0.1, -0.05) is 18.1 Å². The lowest BCUT2D eigenvalue weighted by Gasteiger charge is -2.33. The number of phenolic OH excluding ortho intramolecular Hbond substituents is 1. The molecule has 5 atom stereocenters. The third kappa shape index (κ3) is 3.21. The van der Waals surface area contributed by atoms with Crippen LogP contribution in [0.25, 0.3) is 11.3 Å². The number of benzene rings is 1. The first-order chi connectivity index (χ1) is 17.5. The second-order valence-electron chi connectivity index (χ2n) is 10.3. The van der Waals surface area contributed by atoms with Crippen molar-refractivity contribution in [2.24, 2.45) is 0 Å². The lowest BCUT2D eigenvalue weighted by Crippen LogP contribution is -2.42. The van der Waals surface area contributed by atoms with Crippen LogP contribution in [0.1, 0.15) is 32.0 Å². The largest absolute Gasteiger partial charge is 0.507 e. The number of hydrogen-bond acceptors (Lipinski definition) is 9.